The fourth-order valence-electron chi connectivity index (χ4n) is 1.57. The molecule has 0 bridgehead atoms. The number of amides is 1. The maximum absolute atomic E-state index is 11.4. The molecule has 0 aliphatic heterocycles. The van der Waals surface area contributed by atoms with E-state index in [9.17, 15) is 13.2 Å². The van der Waals surface area contributed by atoms with Crippen LogP contribution in [-0.4, -0.2) is 30.5 Å². The topological polar surface area (TPSA) is 89.0 Å². The number of pyridine rings is 1. The number of anilines is 1. The smallest absolute Gasteiger partial charge is 0.223 e. The lowest BCUT2D eigenvalue weighted by molar-refractivity contribution is -0.114. The molecule has 1 N–H and O–H groups in total. The number of thiazole rings is 1. The zero-order valence-electron chi connectivity index (χ0n) is 11.2. The Morgan fingerprint density at radius 2 is 2.05 bits per heavy atom. The molecule has 106 valence electrons. The normalized spacial score (nSPS) is 11.3. The van der Waals surface area contributed by atoms with Gasteiger partial charge < -0.3 is 5.32 Å². The van der Waals surface area contributed by atoms with Gasteiger partial charge in [0.05, 0.1) is 21.2 Å². The summed E-state index contributed by atoms with van der Waals surface area (Å²) in [5.41, 5.74) is 1.36. The van der Waals surface area contributed by atoms with Crippen LogP contribution in [0.2, 0.25) is 0 Å². The van der Waals surface area contributed by atoms with Crippen LogP contribution in [0.5, 0.6) is 0 Å². The Kier molecular flexibility index (Phi) is 3.87. The van der Waals surface area contributed by atoms with Crippen LogP contribution in [0.15, 0.2) is 23.2 Å². The first-order valence-corrected chi connectivity index (χ1v) is 8.39. The number of aryl methyl sites for hydroxylation is 1. The van der Waals surface area contributed by atoms with Gasteiger partial charge in [-0.2, -0.15) is 0 Å². The van der Waals surface area contributed by atoms with E-state index < -0.39 is 9.84 Å². The van der Waals surface area contributed by atoms with Gasteiger partial charge >= 0.3 is 0 Å². The van der Waals surface area contributed by atoms with Crippen molar-refractivity contribution in [1.82, 2.24) is 9.97 Å². The molecule has 2 rings (SSSR count). The number of carbonyl (C=O) groups is 1. The van der Waals surface area contributed by atoms with Crippen molar-refractivity contribution in [2.45, 2.75) is 18.7 Å². The second-order valence-electron chi connectivity index (χ2n) is 4.27. The van der Waals surface area contributed by atoms with E-state index in [0.29, 0.717) is 10.8 Å². The lowest BCUT2D eigenvalue weighted by atomic mass is 10.3. The molecule has 2 heterocycles. The largest absolute Gasteiger partial charge is 0.302 e. The summed E-state index contributed by atoms with van der Waals surface area (Å²) in [5, 5.41) is 3.12. The summed E-state index contributed by atoms with van der Waals surface area (Å²) < 4.78 is 22.8. The predicted octanol–water partition coefficient (Wildman–Crippen LogP) is 1.88. The number of aromatic nitrogens is 2. The van der Waals surface area contributed by atoms with Gasteiger partial charge in [-0.1, -0.05) is 11.3 Å². The van der Waals surface area contributed by atoms with Crippen molar-refractivity contribution in [2.24, 2.45) is 0 Å². The Bertz CT molecular complexity index is 749. The molecule has 0 saturated carbocycles. The third kappa shape index (κ3) is 3.20. The summed E-state index contributed by atoms with van der Waals surface area (Å²) in [7, 11) is -3.25. The Morgan fingerprint density at radius 1 is 1.35 bits per heavy atom. The number of hydrogen-bond acceptors (Lipinski definition) is 6. The first-order chi connectivity index (χ1) is 9.27. The standard InChI is InChI=1S/C12H13N3O3S2/c1-7-11(19-12(14-7)15-8(2)16)10-5-4-9(6-13-10)20(3,17)18/h4-6H,1-3H3,(H,14,15,16). The van der Waals surface area contributed by atoms with Crippen molar-refractivity contribution in [2.75, 3.05) is 11.6 Å². The summed E-state index contributed by atoms with van der Waals surface area (Å²) in [4.78, 5) is 20.3. The van der Waals surface area contributed by atoms with Gasteiger partial charge in [-0.15, -0.1) is 0 Å². The molecular weight excluding hydrogens is 298 g/mol. The van der Waals surface area contributed by atoms with E-state index in [1.807, 2.05) is 6.92 Å². The van der Waals surface area contributed by atoms with E-state index in [0.717, 1.165) is 16.8 Å². The highest BCUT2D eigenvalue weighted by molar-refractivity contribution is 7.90. The molecular formula is C12H13N3O3S2. The summed E-state index contributed by atoms with van der Waals surface area (Å²) in [6.45, 7) is 3.22. The molecule has 0 fully saturated rings. The molecule has 0 radical (unpaired) electrons. The van der Waals surface area contributed by atoms with Crippen LogP contribution in [0.1, 0.15) is 12.6 Å². The molecule has 0 saturated heterocycles. The van der Waals surface area contributed by atoms with E-state index in [4.69, 9.17) is 0 Å². The number of nitrogens with zero attached hydrogens (tertiary/aromatic N) is 2. The van der Waals surface area contributed by atoms with Crippen LogP contribution >= 0.6 is 11.3 Å². The summed E-state index contributed by atoms with van der Waals surface area (Å²) >= 11 is 1.30. The summed E-state index contributed by atoms with van der Waals surface area (Å²) in [5.74, 6) is -0.189. The Morgan fingerprint density at radius 3 is 2.55 bits per heavy atom. The molecule has 20 heavy (non-hydrogen) atoms. The Hall–Kier alpha value is -1.80. The van der Waals surface area contributed by atoms with Gasteiger partial charge in [0.15, 0.2) is 15.0 Å². The molecule has 0 unspecified atom stereocenters. The minimum atomic E-state index is -3.25. The van der Waals surface area contributed by atoms with Crippen molar-refractivity contribution in [1.29, 1.82) is 0 Å². The Labute approximate surface area is 120 Å². The van der Waals surface area contributed by atoms with Crippen LogP contribution < -0.4 is 5.32 Å². The van der Waals surface area contributed by atoms with Gasteiger partial charge in [0.1, 0.15) is 0 Å². The van der Waals surface area contributed by atoms with Crippen LogP contribution in [0, 0.1) is 6.92 Å². The quantitative estimate of drug-likeness (QED) is 0.934. The van der Waals surface area contributed by atoms with Gasteiger partial charge in [0, 0.05) is 19.4 Å². The van der Waals surface area contributed by atoms with Crippen LogP contribution in [-0.2, 0) is 14.6 Å². The SMILES string of the molecule is CC(=O)Nc1nc(C)c(-c2ccc(S(C)(=O)=O)cn2)s1. The fraction of sp³-hybridized carbons (Fsp3) is 0.250. The van der Waals surface area contributed by atoms with Crippen molar-refractivity contribution in [3.63, 3.8) is 0 Å². The number of nitrogens with one attached hydrogen (secondary N) is 1. The number of rotatable bonds is 3. The van der Waals surface area contributed by atoms with Crippen molar-refractivity contribution in [3.05, 3.63) is 24.0 Å². The van der Waals surface area contributed by atoms with E-state index in [-0.39, 0.29) is 10.8 Å². The highest BCUT2D eigenvalue weighted by Gasteiger charge is 2.13. The third-order valence-corrected chi connectivity index (χ3v) is 4.67. The maximum atomic E-state index is 11.4. The first-order valence-electron chi connectivity index (χ1n) is 5.69. The van der Waals surface area contributed by atoms with Crippen molar-refractivity contribution < 1.29 is 13.2 Å². The molecule has 0 spiro atoms. The van der Waals surface area contributed by atoms with E-state index in [1.54, 1.807) is 6.07 Å². The minimum absolute atomic E-state index is 0.172. The van der Waals surface area contributed by atoms with Crippen molar-refractivity contribution >= 4 is 32.2 Å². The molecule has 2 aromatic heterocycles. The van der Waals surface area contributed by atoms with Gasteiger partial charge in [0.2, 0.25) is 5.91 Å². The fourth-order valence-corrected chi connectivity index (χ4v) is 3.12. The summed E-state index contributed by atoms with van der Waals surface area (Å²) in [6, 6.07) is 3.14. The van der Waals surface area contributed by atoms with Gasteiger partial charge in [-0.25, -0.2) is 13.4 Å². The monoisotopic (exact) mass is 311 g/mol. The minimum Gasteiger partial charge on any atom is -0.302 e. The number of sulfone groups is 1. The molecule has 6 nitrogen and oxygen atoms in total. The van der Waals surface area contributed by atoms with Gasteiger partial charge in [0.25, 0.3) is 0 Å². The van der Waals surface area contributed by atoms with Crippen LogP contribution in [0.3, 0.4) is 0 Å². The maximum Gasteiger partial charge on any atom is 0.223 e. The lowest BCUT2D eigenvalue weighted by Crippen LogP contribution is -2.04. The zero-order chi connectivity index (χ0) is 14.9. The Balaban J connectivity index is 2.37. The lowest BCUT2D eigenvalue weighted by Gasteiger charge is -2.00. The highest BCUT2D eigenvalue weighted by atomic mass is 32.2. The number of hydrogen-bond donors (Lipinski definition) is 1. The van der Waals surface area contributed by atoms with Crippen molar-refractivity contribution in [3.8, 4) is 10.6 Å². The molecule has 0 aliphatic carbocycles. The highest BCUT2D eigenvalue weighted by Crippen LogP contribution is 2.31. The van der Waals surface area contributed by atoms with Gasteiger partial charge in [-0.05, 0) is 19.1 Å². The second-order valence-corrected chi connectivity index (χ2v) is 7.28. The zero-order valence-corrected chi connectivity index (χ0v) is 12.8. The molecule has 0 aliphatic rings. The third-order valence-electron chi connectivity index (χ3n) is 2.48. The molecule has 0 atom stereocenters. The van der Waals surface area contributed by atoms with E-state index in [1.165, 1.54) is 30.5 Å². The molecule has 2 aromatic rings. The number of carbonyl (C=O) groups excluding carboxylic acids is 1. The average Bonchev–Trinajstić information content (AvgIpc) is 2.68. The first kappa shape index (κ1) is 14.6. The second kappa shape index (κ2) is 5.29. The summed E-state index contributed by atoms with van der Waals surface area (Å²) in [6.07, 6.45) is 2.46. The van der Waals surface area contributed by atoms with E-state index in [2.05, 4.69) is 15.3 Å². The van der Waals surface area contributed by atoms with E-state index >= 15 is 0 Å². The average molecular weight is 311 g/mol. The predicted molar refractivity (Wildman–Crippen MR) is 77.5 cm³/mol. The van der Waals surface area contributed by atoms with Crippen LogP contribution in [0.25, 0.3) is 10.6 Å². The molecule has 0 aromatic carbocycles. The van der Waals surface area contributed by atoms with Gasteiger partial charge in [-0.3, -0.25) is 9.78 Å². The molecule has 1 amide bonds. The molecule has 8 heteroatoms. The van der Waals surface area contributed by atoms with Crippen LogP contribution in [0.4, 0.5) is 5.13 Å².